The fraction of sp³-hybridized carbons (Fsp3) is 0.500. The minimum atomic E-state index is -0.0600. The van der Waals surface area contributed by atoms with E-state index < -0.39 is 0 Å². The third-order valence-electron chi connectivity index (χ3n) is 5.08. The summed E-state index contributed by atoms with van der Waals surface area (Å²) in [5.41, 5.74) is 0.950. The van der Waals surface area contributed by atoms with E-state index in [0.29, 0.717) is 17.9 Å². The Morgan fingerprint density at radius 1 is 1.29 bits per heavy atom. The number of pyridine rings is 1. The smallest absolute Gasteiger partial charge is 0.287 e. The first-order valence-electron chi connectivity index (χ1n) is 7.67. The second kappa shape index (κ2) is 4.84. The highest BCUT2D eigenvalue weighted by Crippen LogP contribution is 2.34. The van der Waals surface area contributed by atoms with E-state index in [0.717, 1.165) is 18.4 Å². The number of hydrogen-bond acceptors (Lipinski definition) is 3. The summed E-state index contributed by atoms with van der Waals surface area (Å²) in [5.74, 6) is 0.423. The quantitative estimate of drug-likeness (QED) is 0.913. The van der Waals surface area contributed by atoms with Crippen LogP contribution in [0.1, 0.15) is 36.3 Å². The van der Waals surface area contributed by atoms with E-state index in [1.54, 1.807) is 6.20 Å². The Balaban J connectivity index is 1.51. The molecule has 0 aliphatic carbocycles. The van der Waals surface area contributed by atoms with Crippen molar-refractivity contribution in [1.29, 1.82) is 0 Å². The van der Waals surface area contributed by atoms with Crippen LogP contribution in [-0.2, 0) is 0 Å². The number of carbonyl (C=O) groups excluding carboxylic acids is 1. The van der Waals surface area contributed by atoms with Crippen LogP contribution in [0.4, 0.5) is 0 Å². The number of piperidine rings is 1. The van der Waals surface area contributed by atoms with Crippen LogP contribution in [0.25, 0.3) is 5.52 Å². The SMILES string of the molecule is CN1C2CCC1CC(NC(=O)c1ncc3ccccn13)C2. The van der Waals surface area contributed by atoms with Crippen molar-refractivity contribution in [3.63, 3.8) is 0 Å². The fourth-order valence-electron chi connectivity index (χ4n) is 3.89. The molecule has 0 radical (unpaired) electrons. The molecule has 0 spiro atoms. The number of amides is 1. The van der Waals surface area contributed by atoms with Crippen molar-refractivity contribution in [1.82, 2.24) is 19.6 Å². The maximum atomic E-state index is 12.5. The van der Waals surface area contributed by atoms with E-state index in [9.17, 15) is 4.79 Å². The molecule has 4 heterocycles. The summed E-state index contributed by atoms with van der Waals surface area (Å²) in [4.78, 5) is 19.2. The topological polar surface area (TPSA) is 49.6 Å². The second-order valence-corrected chi connectivity index (χ2v) is 6.27. The van der Waals surface area contributed by atoms with Gasteiger partial charge in [0.25, 0.3) is 5.91 Å². The highest BCUT2D eigenvalue weighted by Gasteiger charge is 2.39. The Labute approximate surface area is 124 Å². The number of rotatable bonds is 2. The molecule has 1 amide bonds. The van der Waals surface area contributed by atoms with Gasteiger partial charge >= 0.3 is 0 Å². The Morgan fingerprint density at radius 2 is 2.05 bits per heavy atom. The maximum Gasteiger partial charge on any atom is 0.287 e. The van der Waals surface area contributed by atoms with Crippen molar-refractivity contribution < 1.29 is 4.79 Å². The van der Waals surface area contributed by atoms with Gasteiger partial charge < -0.3 is 10.2 Å². The molecule has 2 saturated heterocycles. The lowest BCUT2D eigenvalue weighted by atomic mass is 9.98. The Bertz CT molecular complexity index is 666. The number of nitrogens with one attached hydrogen (secondary N) is 1. The third-order valence-corrected chi connectivity index (χ3v) is 5.08. The van der Waals surface area contributed by atoms with Crippen molar-refractivity contribution in [2.24, 2.45) is 0 Å². The molecule has 2 aliphatic rings. The van der Waals surface area contributed by atoms with Crippen LogP contribution in [-0.4, -0.2) is 45.4 Å². The van der Waals surface area contributed by atoms with Crippen LogP contribution < -0.4 is 5.32 Å². The zero-order valence-electron chi connectivity index (χ0n) is 12.2. The van der Waals surface area contributed by atoms with Crippen molar-refractivity contribution in [3.8, 4) is 0 Å². The van der Waals surface area contributed by atoms with Gasteiger partial charge in [-0.25, -0.2) is 4.98 Å². The molecule has 2 unspecified atom stereocenters. The molecule has 2 aliphatic heterocycles. The monoisotopic (exact) mass is 284 g/mol. The van der Waals surface area contributed by atoms with Gasteiger partial charge in [0.15, 0.2) is 0 Å². The lowest BCUT2D eigenvalue weighted by Crippen LogP contribution is -2.49. The summed E-state index contributed by atoms with van der Waals surface area (Å²) in [7, 11) is 2.21. The van der Waals surface area contributed by atoms with E-state index in [1.165, 1.54) is 12.8 Å². The number of hydrogen-bond donors (Lipinski definition) is 1. The first kappa shape index (κ1) is 12.8. The Hall–Kier alpha value is -1.88. The minimum Gasteiger partial charge on any atom is -0.347 e. The molecule has 4 rings (SSSR count). The highest BCUT2D eigenvalue weighted by atomic mass is 16.2. The Kier molecular flexibility index (Phi) is 2.96. The van der Waals surface area contributed by atoms with Crippen LogP contribution in [0.2, 0.25) is 0 Å². The molecule has 2 aromatic heterocycles. The van der Waals surface area contributed by atoms with Gasteiger partial charge in [0.2, 0.25) is 5.82 Å². The van der Waals surface area contributed by atoms with Crippen LogP contribution in [0.15, 0.2) is 30.6 Å². The van der Waals surface area contributed by atoms with Crippen LogP contribution >= 0.6 is 0 Å². The van der Waals surface area contributed by atoms with Gasteiger partial charge in [0.05, 0.1) is 11.7 Å². The lowest BCUT2D eigenvalue weighted by molar-refractivity contribution is 0.0871. The standard InChI is InChI=1S/C16H20N4O/c1-19-12-5-6-13(19)9-11(8-12)18-16(21)15-17-10-14-4-2-3-7-20(14)15/h2-4,7,10-13H,5-6,8-9H2,1H3,(H,18,21). The van der Waals surface area contributed by atoms with E-state index in [1.807, 2.05) is 28.8 Å². The predicted octanol–water partition coefficient (Wildman–Crippen LogP) is 1.69. The molecular formula is C16H20N4O. The normalized spacial score (nSPS) is 28.9. The average molecular weight is 284 g/mol. The zero-order chi connectivity index (χ0) is 14.4. The van der Waals surface area contributed by atoms with Gasteiger partial charge in [-0.05, 0) is 44.9 Å². The molecule has 1 N–H and O–H groups in total. The molecule has 21 heavy (non-hydrogen) atoms. The molecular weight excluding hydrogens is 264 g/mol. The predicted molar refractivity (Wildman–Crippen MR) is 80.3 cm³/mol. The molecule has 0 aromatic carbocycles. The summed E-state index contributed by atoms with van der Waals surface area (Å²) >= 11 is 0. The molecule has 0 saturated carbocycles. The molecule has 5 heteroatoms. The average Bonchev–Trinajstić information content (AvgIpc) is 2.98. The van der Waals surface area contributed by atoms with Crippen LogP contribution in [0.3, 0.4) is 0 Å². The van der Waals surface area contributed by atoms with Crippen molar-refractivity contribution in [2.75, 3.05) is 7.05 Å². The largest absolute Gasteiger partial charge is 0.347 e. The summed E-state index contributed by atoms with van der Waals surface area (Å²) in [6, 6.07) is 7.37. The summed E-state index contributed by atoms with van der Waals surface area (Å²) in [6.45, 7) is 0. The summed E-state index contributed by atoms with van der Waals surface area (Å²) < 4.78 is 1.85. The van der Waals surface area contributed by atoms with Crippen molar-refractivity contribution in [2.45, 2.75) is 43.8 Å². The van der Waals surface area contributed by atoms with E-state index in [2.05, 4.69) is 22.2 Å². The van der Waals surface area contributed by atoms with E-state index in [4.69, 9.17) is 0 Å². The summed E-state index contributed by atoms with van der Waals surface area (Å²) in [5, 5.41) is 3.19. The van der Waals surface area contributed by atoms with Crippen molar-refractivity contribution in [3.05, 3.63) is 36.4 Å². The van der Waals surface area contributed by atoms with Crippen LogP contribution in [0.5, 0.6) is 0 Å². The molecule has 2 atom stereocenters. The molecule has 2 aromatic rings. The van der Waals surface area contributed by atoms with Gasteiger partial charge in [-0.3, -0.25) is 9.20 Å². The number of aromatic nitrogens is 2. The zero-order valence-corrected chi connectivity index (χ0v) is 12.2. The number of imidazole rings is 1. The minimum absolute atomic E-state index is 0.0600. The maximum absolute atomic E-state index is 12.5. The number of fused-ring (bicyclic) bond motifs is 3. The fourth-order valence-corrected chi connectivity index (χ4v) is 3.89. The molecule has 5 nitrogen and oxygen atoms in total. The number of carbonyl (C=O) groups is 1. The summed E-state index contributed by atoms with van der Waals surface area (Å²) in [6.07, 6.45) is 8.27. The second-order valence-electron chi connectivity index (χ2n) is 6.27. The Morgan fingerprint density at radius 3 is 2.81 bits per heavy atom. The van der Waals surface area contributed by atoms with Gasteiger partial charge in [-0.15, -0.1) is 0 Å². The van der Waals surface area contributed by atoms with Gasteiger partial charge in [-0.1, -0.05) is 6.07 Å². The molecule has 2 fully saturated rings. The molecule has 110 valence electrons. The first-order valence-corrected chi connectivity index (χ1v) is 7.67. The van der Waals surface area contributed by atoms with Crippen LogP contribution in [0, 0.1) is 0 Å². The van der Waals surface area contributed by atoms with Gasteiger partial charge in [0.1, 0.15) is 0 Å². The number of nitrogens with zero attached hydrogens (tertiary/aromatic N) is 3. The van der Waals surface area contributed by atoms with Crippen molar-refractivity contribution >= 4 is 11.4 Å². The third kappa shape index (κ3) is 2.12. The van der Waals surface area contributed by atoms with E-state index in [-0.39, 0.29) is 11.9 Å². The molecule has 2 bridgehead atoms. The van der Waals surface area contributed by atoms with Gasteiger partial charge in [-0.2, -0.15) is 0 Å². The van der Waals surface area contributed by atoms with E-state index >= 15 is 0 Å². The highest BCUT2D eigenvalue weighted by molar-refractivity contribution is 5.92. The lowest BCUT2D eigenvalue weighted by Gasteiger charge is -2.36. The van der Waals surface area contributed by atoms with Gasteiger partial charge in [0, 0.05) is 24.3 Å². The first-order chi connectivity index (χ1) is 10.2.